The number of nitrogens with zero attached hydrogens (tertiary/aromatic N) is 4. The minimum Gasteiger partial charge on any atom is -0.355 e. The van der Waals surface area contributed by atoms with Crippen molar-refractivity contribution in [1.82, 2.24) is 24.8 Å². The van der Waals surface area contributed by atoms with Crippen molar-refractivity contribution < 1.29 is 9.59 Å². The molecule has 1 saturated heterocycles. The molecule has 1 fully saturated rings. The summed E-state index contributed by atoms with van der Waals surface area (Å²) in [5, 5.41) is 6.22. The van der Waals surface area contributed by atoms with Gasteiger partial charge < -0.3 is 9.88 Å². The number of hydrogen-bond donors (Lipinski definition) is 2. The minimum absolute atomic E-state index is 0.0133. The molecule has 1 unspecified atom stereocenters. The van der Waals surface area contributed by atoms with Crippen molar-refractivity contribution in [1.29, 1.82) is 0 Å². The van der Waals surface area contributed by atoms with E-state index >= 15 is 0 Å². The van der Waals surface area contributed by atoms with Crippen molar-refractivity contribution in [3.05, 3.63) is 65.0 Å². The second kappa shape index (κ2) is 10.4. The SMILES string of the molecule is C=C(CN1CCCCC(n2c(NC(=O)c3ccnc(C)c3)nc3cccc(Cl)c32)C1)C(=O)NC. The van der Waals surface area contributed by atoms with E-state index in [1.165, 1.54) is 0 Å². The Morgan fingerprint density at radius 2 is 2.09 bits per heavy atom. The van der Waals surface area contributed by atoms with Crippen LogP contribution in [0.25, 0.3) is 11.0 Å². The van der Waals surface area contributed by atoms with Gasteiger partial charge in [-0.1, -0.05) is 30.7 Å². The highest BCUT2D eigenvalue weighted by Crippen LogP contribution is 2.34. The normalized spacial score (nSPS) is 16.7. The Kier molecular flexibility index (Phi) is 7.29. The highest BCUT2D eigenvalue weighted by molar-refractivity contribution is 6.35. The van der Waals surface area contributed by atoms with Gasteiger partial charge in [0.05, 0.1) is 16.1 Å². The molecule has 9 heteroatoms. The molecule has 34 heavy (non-hydrogen) atoms. The standard InChI is InChI=1S/C25H29ClN6O2/c1-16(23(33)27-3)14-31-12-5-4-7-19(15-31)32-22-20(26)8-6-9-21(22)29-25(32)30-24(34)18-10-11-28-17(2)13-18/h6,8-11,13,19H,1,4-5,7,12,14-15H2,2-3H3,(H,27,33)(H,29,30,34). The number of hydrogen-bond acceptors (Lipinski definition) is 5. The zero-order valence-corrected chi connectivity index (χ0v) is 20.2. The van der Waals surface area contributed by atoms with Crippen molar-refractivity contribution >= 4 is 40.4 Å². The third-order valence-electron chi connectivity index (χ3n) is 6.10. The summed E-state index contributed by atoms with van der Waals surface area (Å²) in [5.41, 5.74) is 3.32. The van der Waals surface area contributed by atoms with E-state index in [0.717, 1.165) is 42.5 Å². The number of fused-ring (bicyclic) bond motifs is 1. The highest BCUT2D eigenvalue weighted by Gasteiger charge is 2.27. The molecule has 8 nitrogen and oxygen atoms in total. The van der Waals surface area contributed by atoms with Crippen LogP contribution in [0.15, 0.2) is 48.7 Å². The number of likely N-dealkylation sites (N-methyl/N-ethyl adjacent to an activating group) is 1. The van der Waals surface area contributed by atoms with Gasteiger partial charge in [-0.2, -0.15) is 0 Å². The number of aromatic nitrogens is 3. The average molecular weight is 481 g/mol. The predicted octanol–water partition coefficient (Wildman–Crippen LogP) is 3.97. The number of amides is 2. The van der Waals surface area contributed by atoms with Gasteiger partial charge in [-0.15, -0.1) is 0 Å². The number of anilines is 1. The summed E-state index contributed by atoms with van der Waals surface area (Å²) in [5.74, 6) is 0.0497. The summed E-state index contributed by atoms with van der Waals surface area (Å²) in [4.78, 5) is 36.2. The summed E-state index contributed by atoms with van der Waals surface area (Å²) < 4.78 is 2.05. The second-order valence-corrected chi connectivity index (χ2v) is 9.03. The van der Waals surface area contributed by atoms with Gasteiger partial charge in [0.2, 0.25) is 11.9 Å². The van der Waals surface area contributed by atoms with Crippen LogP contribution in [-0.4, -0.2) is 57.9 Å². The topological polar surface area (TPSA) is 92.2 Å². The molecule has 4 rings (SSSR count). The van der Waals surface area contributed by atoms with Crippen molar-refractivity contribution in [3.63, 3.8) is 0 Å². The van der Waals surface area contributed by atoms with E-state index < -0.39 is 0 Å². The van der Waals surface area contributed by atoms with Crippen molar-refractivity contribution in [2.75, 3.05) is 32.0 Å². The molecular formula is C25H29ClN6O2. The first-order valence-corrected chi connectivity index (χ1v) is 11.8. The highest BCUT2D eigenvalue weighted by atomic mass is 35.5. The third-order valence-corrected chi connectivity index (χ3v) is 6.41. The summed E-state index contributed by atoms with van der Waals surface area (Å²) >= 11 is 6.63. The van der Waals surface area contributed by atoms with E-state index in [1.54, 1.807) is 25.4 Å². The zero-order valence-electron chi connectivity index (χ0n) is 19.5. The van der Waals surface area contributed by atoms with E-state index in [9.17, 15) is 9.59 Å². The molecule has 0 spiro atoms. The lowest BCUT2D eigenvalue weighted by Crippen LogP contribution is -2.35. The number of rotatable bonds is 6. The second-order valence-electron chi connectivity index (χ2n) is 8.62. The first-order chi connectivity index (χ1) is 16.4. The van der Waals surface area contributed by atoms with Crippen molar-refractivity contribution in [2.45, 2.75) is 32.2 Å². The molecule has 1 aliphatic heterocycles. The smallest absolute Gasteiger partial charge is 0.258 e. The first-order valence-electron chi connectivity index (χ1n) is 11.4. The quantitative estimate of drug-likeness (QED) is 0.521. The van der Waals surface area contributed by atoms with Gasteiger partial charge in [-0.3, -0.25) is 24.8 Å². The Morgan fingerprint density at radius 3 is 2.85 bits per heavy atom. The van der Waals surface area contributed by atoms with Crippen LogP contribution in [0.5, 0.6) is 0 Å². The van der Waals surface area contributed by atoms with Crippen LogP contribution in [0.3, 0.4) is 0 Å². The van der Waals surface area contributed by atoms with E-state index in [0.29, 0.717) is 35.2 Å². The van der Waals surface area contributed by atoms with Crippen LogP contribution in [-0.2, 0) is 4.79 Å². The number of benzene rings is 1. The van der Waals surface area contributed by atoms with Crippen LogP contribution in [0, 0.1) is 6.92 Å². The summed E-state index contributed by atoms with van der Waals surface area (Å²) in [7, 11) is 1.61. The first kappa shape index (κ1) is 23.9. The van der Waals surface area contributed by atoms with Gasteiger partial charge >= 0.3 is 0 Å². The number of likely N-dealkylation sites (tertiary alicyclic amines) is 1. The maximum atomic E-state index is 13.1. The van der Waals surface area contributed by atoms with Gasteiger partial charge in [0.15, 0.2) is 0 Å². The molecule has 1 atom stereocenters. The van der Waals surface area contributed by atoms with E-state index in [2.05, 4.69) is 27.1 Å². The molecule has 1 aromatic carbocycles. The molecule has 3 heterocycles. The number of para-hydroxylation sites is 1. The van der Waals surface area contributed by atoms with Gasteiger partial charge in [-0.05, 0) is 50.6 Å². The molecule has 3 aromatic rings. The lowest BCUT2D eigenvalue weighted by molar-refractivity contribution is -0.117. The van der Waals surface area contributed by atoms with Gasteiger partial charge in [0.25, 0.3) is 5.91 Å². The summed E-state index contributed by atoms with van der Waals surface area (Å²) in [6.07, 6.45) is 4.54. The fourth-order valence-corrected chi connectivity index (χ4v) is 4.74. The average Bonchev–Trinajstić information content (AvgIpc) is 3.03. The summed E-state index contributed by atoms with van der Waals surface area (Å²) in [6, 6.07) is 9.02. The molecule has 0 saturated carbocycles. The van der Waals surface area contributed by atoms with Crippen molar-refractivity contribution in [2.24, 2.45) is 0 Å². The van der Waals surface area contributed by atoms with Crippen LogP contribution >= 0.6 is 11.6 Å². The molecular weight excluding hydrogens is 452 g/mol. The number of carbonyl (C=O) groups is 2. The monoisotopic (exact) mass is 480 g/mol. The van der Waals surface area contributed by atoms with Gasteiger partial charge in [0.1, 0.15) is 0 Å². The summed E-state index contributed by atoms with van der Waals surface area (Å²) in [6.45, 7) is 7.82. The molecule has 1 aliphatic rings. The molecule has 0 bridgehead atoms. The Hall–Kier alpha value is -3.23. The molecule has 2 N–H and O–H groups in total. The molecule has 2 aromatic heterocycles. The third kappa shape index (κ3) is 5.13. The minimum atomic E-state index is -0.253. The Labute approximate surface area is 204 Å². The van der Waals surface area contributed by atoms with Gasteiger partial charge in [-0.25, -0.2) is 4.98 Å². The van der Waals surface area contributed by atoms with Crippen molar-refractivity contribution in [3.8, 4) is 0 Å². The molecule has 0 aliphatic carbocycles. The number of aryl methyl sites for hydroxylation is 1. The fraction of sp³-hybridized carbons (Fsp3) is 0.360. The number of imidazole rings is 1. The number of nitrogens with one attached hydrogen (secondary N) is 2. The number of pyridine rings is 1. The Morgan fingerprint density at radius 1 is 1.26 bits per heavy atom. The van der Waals surface area contributed by atoms with Gasteiger partial charge in [0, 0.05) is 49.2 Å². The molecule has 178 valence electrons. The predicted molar refractivity (Wildman–Crippen MR) is 134 cm³/mol. The fourth-order valence-electron chi connectivity index (χ4n) is 4.48. The zero-order chi connectivity index (χ0) is 24.2. The maximum absolute atomic E-state index is 13.1. The largest absolute Gasteiger partial charge is 0.355 e. The van der Waals surface area contributed by atoms with E-state index in [-0.39, 0.29) is 17.9 Å². The Balaban J connectivity index is 1.69. The van der Waals surface area contributed by atoms with Crippen LogP contribution in [0.2, 0.25) is 5.02 Å². The van der Waals surface area contributed by atoms with Crippen LogP contribution < -0.4 is 10.6 Å². The number of carbonyl (C=O) groups excluding carboxylic acids is 2. The molecule has 0 radical (unpaired) electrons. The molecule has 2 amide bonds. The Bertz CT molecular complexity index is 1240. The lowest BCUT2D eigenvalue weighted by Gasteiger charge is -2.27. The van der Waals surface area contributed by atoms with Crippen LogP contribution in [0.4, 0.5) is 5.95 Å². The maximum Gasteiger partial charge on any atom is 0.258 e. The lowest BCUT2D eigenvalue weighted by atomic mass is 10.1. The van der Waals surface area contributed by atoms with Crippen LogP contribution in [0.1, 0.15) is 41.4 Å². The number of halogens is 1. The van der Waals surface area contributed by atoms with E-state index in [4.69, 9.17) is 16.6 Å². The van der Waals surface area contributed by atoms with E-state index in [1.807, 2.05) is 29.7 Å².